The van der Waals surface area contributed by atoms with Gasteiger partial charge in [-0.25, -0.2) is 0 Å². The molecule has 0 saturated carbocycles. The molecule has 0 aromatic carbocycles. The Labute approximate surface area is 117 Å². The summed E-state index contributed by atoms with van der Waals surface area (Å²) in [5.41, 5.74) is 0.474. The molecule has 8 heteroatoms. The highest BCUT2D eigenvalue weighted by molar-refractivity contribution is 7.07. The molecule has 0 amide bonds. The molecule has 20 heavy (non-hydrogen) atoms. The molecule has 0 aliphatic rings. The van der Waals surface area contributed by atoms with Gasteiger partial charge in [-0.05, 0) is 41.8 Å². The van der Waals surface area contributed by atoms with Crippen molar-refractivity contribution in [3.63, 3.8) is 0 Å². The molecule has 0 bridgehead atoms. The summed E-state index contributed by atoms with van der Waals surface area (Å²) in [5, 5.41) is 5.57. The molecule has 0 aliphatic carbocycles. The van der Waals surface area contributed by atoms with E-state index in [2.05, 4.69) is 5.32 Å². The van der Waals surface area contributed by atoms with Crippen LogP contribution in [0.25, 0.3) is 0 Å². The quantitative estimate of drug-likeness (QED) is 0.766. The van der Waals surface area contributed by atoms with Gasteiger partial charge in [-0.1, -0.05) is 6.92 Å². The number of halogens is 6. The normalized spacial score (nSPS) is 14.8. The standard InChI is InChI=1S/C12H15F6NS/c1-2-4-19-9(6-8-3-5-20-7-8)10(11(13,14)15)12(16,17)18/h3,5,7,9-10,19H,2,4,6H2,1H3. The summed E-state index contributed by atoms with van der Waals surface area (Å²) in [4.78, 5) is 0. The Balaban J connectivity index is 2.98. The fraction of sp³-hybridized carbons (Fsp3) is 0.667. The van der Waals surface area contributed by atoms with Gasteiger partial charge in [0.25, 0.3) is 0 Å². The van der Waals surface area contributed by atoms with Crippen molar-refractivity contribution >= 4 is 11.3 Å². The molecule has 1 rings (SSSR count). The van der Waals surface area contributed by atoms with E-state index in [-0.39, 0.29) is 13.0 Å². The largest absolute Gasteiger partial charge is 0.402 e. The Morgan fingerprint density at radius 1 is 1.15 bits per heavy atom. The summed E-state index contributed by atoms with van der Waals surface area (Å²) in [6, 6.07) is -0.167. The number of thiophene rings is 1. The smallest absolute Gasteiger partial charge is 0.313 e. The minimum Gasteiger partial charge on any atom is -0.313 e. The van der Waals surface area contributed by atoms with Crippen LogP contribution in [-0.2, 0) is 6.42 Å². The van der Waals surface area contributed by atoms with Gasteiger partial charge in [0.15, 0.2) is 5.92 Å². The van der Waals surface area contributed by atoms with Gasteiger partial charge in [-0.15, -0.1) is 0 Å². The summed E-state index contributed by atoms with van der Waals surface area (Å²) >= 11 is 1.24. The van der Waals surface area contributed by atoms with Crippen LogP contribution in [0.2, 0.25) is 0 Å². The molecule has 0 radical (unpaired) electrons. The Hall–Kier alpha value is -0.760. The lowest BCUT2D eigenvalue weighted by Crippen LogP contribution is -2.52. The second-order valence-corrected chi connectivity index (χ2v) is 5.24. The van der Waals surface area contributed by atoms with Gasteiger partial charge < -0.3 is 5.32 Å². The van der Waals surface area contributed by atoms with Crippen molar-refractivity contribution in [1.29, 1.82) is 0 Å². The van der Waals surface area contributed by atoms with E-state index in [1.165, 1.54) is 17.4 Å². The molecule has 0 fully saturated rings. The van der Waals surface area contributed by atoms with Gasteiger partial charge in [0.05, 0.1) is 0 Å². The zero-order valence-corrected chi connectivity index (χ0v) is 11.5. The van der Waals surface area contributed by atoms with Crippen molar-refractivity contribution in [1.82, 2.24) is 5.32 Å². The van der Waals surface area contributed by atoms with Crippen LogP contribution in [0.4, 0.5) is 26.3 Å². The molecule has 1 nitrogen and oxygen atoms in total. The third-order valence-electron chi connectivity index (χ3n) is 2.80. The molecule has 1 aromatic heterocycles. The average molecular weight is 319 g/mol. The molecule has 0 saturated heterocycles. The second-order valence-electron chi connectivity index (χ2n) is 4.46. The molecule has 1 heterocycles. The fourth-order valence-corrected chi connectivity index (χ4v) is 2.62. The molecule has 1 aromatic rings. The van der Waals surface area contributed by atoms with Crippen molar-refractivity contribution in [3.05, 3.63) is 22.4 Å². The monoisotopic (exact) mass is 319 g/mol. The Morgan fingerprint density at radius 3 is 2.15 bits per heavy atom. The van der Waals surface area contributed by atoms with Crippen molar-refractivity contribution in [2.75, 3.05) is 6.54 Å². The third-order valence-corrected chi connectivity index (χ3v) is 3.53. The Morgan fingerprint density at radius 2 is 1.75 bits per heavy atom. The predicted octanol–water partition coefficient (Wildman–Crippen LogP) is 4.40. The highest BCUT2D eigenvalue weighted by atomic mass is 32.1. The number of nitrogens with one attached hydrogen (secondary N) is 1. The molecule has 1 atom stereocenters. The highest BCUT2D eigenvalue weighted by Crippen LogP contribution is 2.42. The van der Waals surface area contributed by atoms with E-state index in [4.69, 9.17) is 0 Å². The van der Waals surface area contributed by atoms with Crippen LogP contribution >= 0.6 is 11.3 Å². The zero-order chi connectivity index (χ0) is 15.4. The van der Waals surface area contributed by atoms with E-state index in [0.717, 1.165) is 0 Å². The number of hydrogen-bond donors (Lipinski definition) is 1. The maximum absolute atomic E-state index is 12.8. The fourth-order valence-electron chi connectivity index (χ4n) is 1.94. The first-order chi connectivity index (χ1) is 9.16. The van der Waals surface area contributed by atoms with E-state index in [0.29, 0.717) is 12.0 Å². The minimum absolute atomic E-state index is 0.109. The van der Waals surface area contributed by atoms with Crippen LogP contribution in [0.5, 0.6) is 0 Å². The zero-order valence-electron chi connectivity index (χ0n) is 10.7. The predicted molar refractivity (Wildman–Crippen MR) is 65.7 cm³/mol. The summed E-state index contributed by atoms with van der Waals surface area (Å²) in [5.74, 6) is -3.36. The van der Waals surface area contributed by atoms with E-state index in [9.17, 15) is 26.3 Å². The second kappa shape index (κ2) is 6.80. The van der Waals surface area contributed by atoms with Crippen LogP contribution in [0.3, 0.4) is 0 Å². The van der Waals surface area contributed by atoms with E-state index < -0.39 is 24.3 Å². The van der Waals surface area contributed by atoms with Crippen molar-refractivity contribution < 1.29 is 26.3 Å². The molecular weight excluding hydrogens is 304 g/mol. The number of alkyl halides is 6. The third kappa shape index (κ3) is 4.97. The maximum Gasteiger partial charge on any atom is 0.402 e. The lowest BCUT2D eigenvalue weighted by molar-refractivity contribution is -0.291. The minimum atomic E-state index is -5.32. The van der Waals surface area contributed by atoms with Gasteiger partial charge in [0, 0.05) is 6.04 Å². The number of hydrogen-bond acceptors (Lipinski definition) is 2. The van der Waals surface area contributed by atoms with Crippen molar-refractivity contribution in [2.45, 2.75) is 38.2 Å². The summed E-state index contributed by atoms with van der Waals surface area (Å²) < 4.78 is 76.6. The highest BCUT2D eigenvalue weighted by Gasteiger charge is 2.59. The number of rotatable bonds is 6. The van der Waals surface area contributed by atoms with E-state index in [1.54, 1.807) is 17.7 Å². The molecule has 116 valence electrons. The van der Waals surface area contributed by atoms with Crippen LogP contribution in [0.15, 0.2) is 16.8 Å². The van der Waals surface area contributed by atoms with Crippen LogP contribution < -0.4 is 5.32 Å². The summed E-state index contributed by atoms with van der Waals surface area (Å²) in [7, 11) is 0. The average Bonchev–Trinajstić information content (AvgIpc) is 2.74. The lowest BCUT2D eigenvalue weighted by atomic mass is 9.93. The molecule has 1 unspecified atom stereocenters. The first kappa shape index (κ1) is 17.3. The first-order valence-corrected chi connectivity index (χ1v) is 6.98. The van der Waals surface area contributed by atoms with Gasteiger partial charge in [0.1, 0.15) is 0 Å². The molecule has 1 N–H and O–H groups in total. The van der Waals surface area contributed by atoms with E-state index >= 15 is 0 Å². The van der Waals surface area contributed by atoms with Gasteiger partial charge in [-0.3, -0.25) is 0 Å². The molecular formula is C12H15F6NS. The van der Waals surface area contributed by atoms with Gasteiger partial charge in [0.2, 0.25) is 0 Å². The maximum atomic E-state index is 12.8. The van der Waals surface area contributed by atoms with Crippen LogP contribution in [-0.4, -0.2) is 24.9 Å². The van der Waals surface area contributed by atoms with Gasteiger partial charge >= 0.3 is 12.4 Å². The SMILES string of the molecule is CCCNC(Cc1ccsc1)C(C(F)(F)F)C(F)(F)F. The van der Waals surface area contributed by atoms with E-state index in [1.807, 2.05) is 0 Å². The summed E-state index contributed by atoms with van der Waals surface area (Å²) in [6.07, 6.45) is -10.5. The Bertz CT molecular complexity index is 370. The van der Waals surface area contributed by atoms with Gasteiger partial charge in [-0.2, -0.15) is 37.7 Å². The van der Waals surface area contributed by atoms with Crippen LogP contribution in [0, 0.1) is 5.92 Å². The molecule has 0 spiro atoms. The first-order valence-electron chi connectivity index (χ1n) is 6.04. The molecule has 0 aliphatic heterocycles. The summed E-state index contributed by atoms with van der Waals surface area (Å²) in [6.45, 7) is 1.79. The van der Waals surface area contributed by atoms with Crippen molar-refractivity contribution in [3.8, 4) is 0 Å². The Kier molecular flexibility index (Phi) is 5.88. The van der Waals surface area contributed by atoms with Crippen molar-refractivity contribution in [2.24, 2.45) is 5.92 Å². The lowest BCUT2D eigenvalue weighted by Gasteiger charge is -2.31. The topological polar surface area (TPSA) is 12.0 Å². The van der Waals surface area contributed by atoms with Crippen LogP contribution in [0.1, 0.15) is 18.9 Å².